The molecule has 0 amide bonds. The molecule has 1 aromatic heterocycles. The number of carbonyl (C=O) groups is 1. The molecule has 178 valence electrons. The second kappa shape index (κ2) is 12.9. The molecule has 0 saturated carbocycles. The Balaban J connectivity index is 0.00000256. The highest BCUT2D eigenvalue weighted by molar-refractivity contribution is 5.95. The van der Waals surface area contributed by atoms with Crippen molar-refractivity contribution in [2.24, 2.45) is 0 Å². The summed E-state index contributed by atoms with van der Waals surface area (Å²) >= 11 is 0. The van der Waals surface area contributed by atoms with Crippen LogP contribution in [0.1, 0.15) is 50.2 Å². The zero-order chi connectivity index (χ0) is 21.5. The molecule has 1 aromatic carbocycles. The molecule has 1 aliphatic heterocycles. The summed E-state index contributed by atoms with van der Waals surface area (Å²) in [5.74, 6) is -1.05. The number of pyridine rings is 1. The average molecular weight is 449 g/mol. The Hall–Kier alpha value is -2.84. The van der Waals surface area contributed by atoms with Gasteiger partial charge in [0.25, 0.3) is 0 Å². The minimum Gasteiger partial charge on any atom is -0.513 e. The Morgan fingerprint density at radius 3 is 2.50 bits per heavy atom. The number of aryl methyl sites for hydroxylation is 1. The Morgan fingerprint density at radius 1 is 1.09 bits per heavy atom. The van der Waals surface area contributed by atoms with Crippen LogP contribution in [-0.4, -0.2) is 53.7 Å². The van der Waals surface area contributed by atoms with Gasteiger partial charge in [-0.25, -0.2) is 4.79 Å². The summed E-state index contributed by atoms with van der Waals surface area (Å²) in [5.41, 5.74) is 1.74. The number of nitrogens with zero attached hydrogens (tertiary/aromatic N) is 1. The van der Waals surface area contributed by atoms with Crippen molar-refractivity contribution >= 4 is 22.6 Å². The maximum atomic E-state index is 12.7. The number of ether oxygens (including phenoxy) is 2. The van der Waals surface area contributed by atoms with Crippen molar-refractivity contribution in [3.8, 4) is 0 Å². The van der Waals surface area contributed by atoms with E-state index in [0.717, 1.165) is 24.0 Å². The van der Waals surface area contributed by atoms with E-state index in [9.17, 15) is 14.7 Å². The van der Waals surface area contributed by atoms with E-state index < -0.39 is 11.4 Å². The first kappa shape index (κ1) is 27.2. The first-order chi connectivity index (χ1) is 14.5. The number of benzene rings is 1. The van der Waals surface area contributed by atoms with Crippen LogP contribution in [0.5, 0.6) is 0 Å². The summed E-state index contributed by atoms with van der Waals surface area (Å²) in [5, 5.41) is 22.2. The van der Waals surface area contributed by atoms with Crippen LogP contribution in [0.3, 0.4) is 0 Å². The third-order valence-electron chi connectivity index (χ3n) is 5.12. The predicted octanol–water partition coefficient (Wildman–Crippen LogP) is 4.22. The molecule has 3 rings (SSSR count). The van der Waals surface area contributed by atoms with Crippen LogP contribution in [0.25, 0.3) is 10.9 Å². The lowest BCUT2D eigenvalue weighted by Crippen LogP contribution is -2.26. The zero-order valence-electron chi connectivity index (χ0n) is 17.0. The molecule has 8 nitrogen and oxygen atoms in total. The van der Waals surface area contributed by atoms with E-state index >= 15 is 0 Å². The number of hydrogen-bond donors (Lipinski definition) is 3. The van der Waals surface area contributed by atoms with Crippen molar-refractivity contribution in [2.45, 2.75) is 47.1 Å². The Kier molecular flexibility index (Phi) is 10.9. The molecule has 0 unspecified atom stereocenters. The quantitative estimate of drug-likeness (QED) is 0.349. The summed E-state index contributed by atoms with van der Waals surface area (Å²) in [6.45, 7) is 6.50. The number of hydrogen-bond acceptors (Lipinski definition) is 6. The first-order valence-electron chi connectivity index (χ1n) is 10.2. The standard InChI is InChI=1S/C22H28N2O6.2CH4/c1-15(25)7-10-29-12-13-30-11-8-23-16-5-6-17-19(14-16)24-9-3-2-4-18(24)20(21(17)26)22(27)28;;/h5-6,14,23,25H,1-4,7-13H2,(H,27,28);2*1H4. The van der Waals surface area contributed by atoms with Gasteiger partial charge in [-0.05, 0) is 37.5 Å². The second-order valence-electron chi connectivity index (χ2n) is 7.26. The fraction of sp³-hybridized carbons (Fsp3) is 0.500. The lowest BCUT2D eigenvalue weighted by atomic mass is 9.99. The van der Waals surface area contributed by atoms with E-state index in [-0.39, 0.29) is 26.2 Å². The summed E-state index contributed by atoms with van der Waals surface area (Å²) in [4.78, 5) is 24.4. The van der Waals surface area contributed by atoms with Crippen LogP contribution >= 0.6 is 0 Å². The van der Waals surface area contributed by atoms with Crippen LogP contribution in [-0.2, 0) is 22.4 Å². The second-order valence-corrected chi connectivity index (χ2v) is 7.26. The molecule has 0 aliphatic carbocycles. The van der Waals surface area contributed by atoms with Gasteiger partial charge in [-0.3, -0.25) is 4.79 Å². The minimum atomic E-state index is -1.16. The van der Waals surface area contributed by atoms with Gasteiger partial charge in [-0.15, -0.1) is 0 Å². The van der Waals surface area contributed by atoms with Crippen molar-refractivity contribution in [1.82, 2.24) is 4.57 Å². The van der Waals surface area contributed by atoms with Crippen LogP contribution in [0.4, 0.5) is 5.69 Å². The number of carboxylic acids is 1. The van der Waals surface area contributed by atoms with Crippen molar-refractivity contribution < 1.29 is 24.5 Å². The van der Waals surface area contributed by atoms with E-state index in [1.165, 1.54) is 0 Å². The maximum absolute atomic E-state index is 12.7. The normalized spacial score (nSPS) is 12.4. The number of carboxylic acid groups (broad SMARTS) is 1. The summed E-state index contributed by atoms with van der Waals surface area (Å²) in [6, 6.07) is 5.39. The van der Waals surface area contributed by atoms with E-state index in [1.807, 2.05) is 10.6 Å². The molecule has 0 fully saturated rings. The first-order valence-corrected chi connectivity index (χ1v) is 10.2. The smallest absolute Gasteiger partial charge is 0.341 e. The van der Waals surface area contributed by atoms with Crippen molar-refractivity contribution in [3.63, 3.8) is 0 Å². The van der Waals surface area contributed by atoms with Crippen molar-refractivity contribution in [1.29, 1.82) is 0 Å². The maximum Gasteiger partial charge on any atom is 0.341 e. The molecule has 0 atom stereocenters. The van der Waals surface area contributed by atoms with Crippen LogP contribution in [0.15, 0.2) is 35.3 Å². The van der Waals surface area contributed by atoms with E-state index in [1.54, 1.807) is 12.1 Å². The lowest BCUT2D eigenvalue weighted by molar-refractivity contribution is 0.0504. The average Bonchev–Trinajstić information content (AvgIpc) is 2.72. The number of fused-ring (bicyclic) bond motifs is 3. The summed E-state index contributed by atoms with van der Waals surface area (Å²) in [6.07, 6.45) is 2.88. The SMILES string of the molecule is C.C.C=C(O)CCOCCOCCNc1ccc2c(=O)c(C(=O)O)c3n(c2c1)CCCC3. The lowest BCUT2D eigenvalue weighted by Gasteiger charge is -2.23. The predicted molar refractivity (Wildman–Crippen MR) is 128 cm³/mol. The molecule has 0 saturated heterocycles. The Labute approximate surface area is 189 Å². The zero-order valence-corrected chi connectivity index (χ0v) is 17.0. The fourth-order valence-electron chi connectivity index (χ4n) is 3.68. The number of aromatic nitrogens is 1. The van der Waals surface area contributed by atoms with Gasteiger partial charge >= 0.3 is 5.97 Å². The highest BCUT2D eigenvalue weighted by atomic mass is 16.5. The number of aromatic carboxylic acids is 1. The van der Waals surface area contributed by atoms with Crippen LogP contribution < -0.4 is 10.7 Å². The largest absolute Gasteiger partial charge is 0.513 e. The molecule has 8 heteroatoms. The highest BCUT2D eigenvalue weighted by Gasteiger charge is 2.23. The van der Waals surface area contributed by atoms with E-state index in [2.05, 4.69) is 11.9 Å². The molecular weight excluding hydrogens is 412 g/mol. The highest BCUT2D eigenvalue weighted by Crippen LogP contribution is 2.25. The van der Waals surface area contributed by atoms with Gasteiger partial charge in [-0.1, -0.05) is 21.4 Å². The van der Waals surface area contributed by atoms with Gasteiger partial charge in [0.2, 0.25) is 5.43 Å². The number of aliphatic hydroxyl groups is 1. The fourth-order valence-corrected chi connectivity index (χ4v) is 3.68. The number of nitrogens with one attached hydrogen (secondary N) is 1. The molecule has 0 spiro atoms. The van der Waals surface area contributed by atoms with Crippen LogP contribution in [0, 0.1) is 0 Å². The molecule has 0 radical (unpaired) electrons. The minimum absolute atomic E-state index is 0. The number of aliphatic hydroxyl groups excluding tert-OH is 1. The van der Waals surface area contributed by atoms with Crippen molar-refractivity contribution in [3.05, 3.63) is 52.0 Å². The molecular formula is C24H36N2O6. The van der Waals surface area contributed by atoms with Gasteiger partial charge < -0.3 is 29.6 Å². The van der Waals surface area contributed by atoms with E-state index in [4.69, 9.17) is 14.6 Å². The van der Waals surface area contributed by atoms with Gasteiger partial charge in [0.1, 0.15) is 5.56 Å². The Bertz CT molecular complexity index is 983. The van der Waals surface area contributed by atoms with Gasteiger partial charge in [0.15, 0.2) is 0 Å². The molecule has 1 aliphatic rings. The third kappa shape index (κ3) is 6.58. The van der Waals surface area contributed by atoms with Crippen LogP contribution in [0.2, 0.25) is 0 Å². The summed E-state index contributed by atoms with van der Waals surface area (Å²) < 4.78 is 12.8. The van der Waals surface area contributed by atoms with Gasteiger partial charge in [0, 0.05) is 36.3 Å². The van der Waals surface area contributed by atoms with Gasteiger partial charge in [-0.2, -0.15) is 0 Å². The number of rotatable bonds is 11. The Morgan fingerprint density at radius 2 is 1.81 bits per heavy atom. The van der Waals surface area contributed by atoms with E-state index in [0.29, 0.717) is 63.4 Å². The third-order valence-corrected chi connectivity index (χ3v) is 5.12. The topological polar surface area (TPSA) is 110 Å². The molecule has 2 heterocycles. The summed E-state index contributed by atoms with van der Waals surface area (Å²) in [7, 11) is 0. The molecule has 0 bridgehead atoms. The molecule has 32 heavy (non-hydrogen) atoms. The molecule has 3 N–H and O–H groups in total. The monoisotopic (exact) mass is 448 g/mol. The van der Waals surface area contributed by atoms with Gasteiger partial charge in [0.05, 0.1) is 37.7 Å². The number of anilines is 1. The van der Waals surface area contributed by atoms with Crippen molar-refractivity contribution in [2.75, 3.05) is 38.3 Å². The molecule has 2 aromatic rings.